The number of aromatic nitrogens is 5. The normalized spacial score (nSPS) is 15.2. The lowest BCUT2D eigenvalue weighted by Gasteiger charge is -2.10. The highest BCUT2D eigenvalue weighted by molar-refractivity contribution is 5.91. The molecule has 1 saturated carbocycles. The molecule has 0 atom stereocenters. The second kappa shape index (κ2) is 5.89. The topological polar surface area (TPSA) is 68.8 Å². The fourth-order valence-corrected chi connectivity index (χ4v) is 3.67. The molecule has 5 rings (SSSR count). The highest BCUT2D eigenvalue weighted by Crippen LogP contribution is 2.47. The fraction of sp³-hybridized carbons (Fsp3) is 0.286. The van der Waals surface area contributed by atoms with Gasteiger partial charge in [0, 0.05) is 35.3 Å². The minimum atomic E-state index is -0.590. The molecule has 3 heterocycles. The van der Waals surface area contributed by atoms with E-state index >= 15 is 0 Å². The quantitative estimate of drug-likeness (QED) is 0.540. The number of pyridine rings is 1. The van der Waals surface area contributed by atoms with Crippen LogP contribution in [0, 0.1) is 18.3 Å². The average molecular weight is 377 g/mol. The Balaban J connectivity index is 1.56. The van der Waals surface area contributed by atoms with Crippen LogP contribution in [-0.4, -0.2) is 29.7 Å². The first-order chi connectivity index (χ1) is 13.5. The molecular weight excluding hydrogens is 357 g/mol. The van der Waals surface area contributed by atoms with Crippen molar-refractivity contribution >= 4 is 10.8 Å². The molecule has 4 aromatic rings. The van der Waals surface area contributed by atoms with Crippen molar-refractivity contribution in [2.45, 2.75) is 33.2 Å². The van der Waals surface area contributed by atoms with Crippen LogP contribution in [0.2, 0.25) is 0 Å². The first-order valence-electron chi connectivity index (χ1n) is 9.31. The zero-order valence-corrected chi connectivity index (χ0v) is 15.7. The summed E-state index contributed by atoms with van der Waals surface area (Å²) in [6, 6.07) is 9.08. The number of hydrogen-bond acceptors (Lipinski definition) is 4. The Kier molecular flexibility index (Phi) is 3.56. The van der Waals surface area contributed by atoms with Crippen molar-refractivity contribution in [3.05, 3.63) is 54.4 Å². The van der Waals surface area contributed by atoms with Crippen molar-refractivity contribution in [1.29, 1.82) is 0 Å². The second-order valence-electron chi connectivity index (χ2n) is 7.94. The van der Waals surface area contributed by atoms with E-state index in [0.717, 1.165) is 28.6 Å². The van der Waals surface area contributed by atoms with E-state index < -0.39 is 5.95 Å². The first kappa shape index (κ1) is 16.9. The number of halogens is 1. The predicted octanol–water partition coefficient (Wildman–Crippen LogP) is 4.24. The maximum atomic E-state index is 14.0. The number of rotatable bonds is 4. The summed E-state index contributed by atoms with van der Waals surface area (Å²) in [4.78, 5) is 3.68. The van der Waals surface area contributed by atoms with Gasteiger partial charge in [-0.3, -0.25) is 0 Å². The molecule has 7 heteroatoms. The third kappa shape index (κ3) is 2.66. The van der Waals surface area contributed by atoms with Gasteiger partial charge in [0.15, 0.2) is 5.88 Å². The number of nitrogens with zero attached hydrogens (tertiary/aromatic N) is 5. The van der Waals surface area contributed by atoms with Crippen molar-refractivity contribution in [2.24, 2.45) is 5.41 Å². The zero-order chi connectivity index (χ0) is 19.5. The first-order valence-corrected chi connectivity index (χ1v) is 9.31. The van der Waals surface area contributed by atoms with Gasteiger partial charge < -0.3 is 9.67 Å². The molecule has 0 saturated heterocycles. The van der Waals surface area contributed by atoms with Gasteiger partial charge in [-0.25, -0.2) is 9.67 Å². The summed E-state index contributed by atoms with van der Waals surface area (Å²) in [5.74, 6) is -0.291. The third-order valence-electron chi connectivity index (χ3n) is 5.65. The smallest absolute Gasteiger partial charge is 0.238 e. The van der Waals surface area contributed by atoms with E-state index in [0.29, 0.717) is 17.0 Å². The van der Waals surface area contributed by atoms with Crippen LogP contribution in [0.25, 0.3) is 27.7 Å². The molecule has 0 amide bonds. The van der Waals surface area contributed by atoms with E-state index in [-0.39, 0.29) is 5.69 Å². The highest BCUT2D eigenvalue weighted by Gasteiger charge is 2.38. The van der Waals surface area contributed by atoms with E-state index in [9.17, 15) is 9.50 Å². The molecule has 1 aliphatic rings. The fourth-order valence-electron chi connectivity index (χ4n) is 3.67. The Morgan fingerprint density at radius 2 is 2.07 bits per heavy atom. The molecule has 1 aliphatic carbocycles. The molecule has 0 unspecified atom stereocenters. The lowest BCUT2D eigenvalue weighted by Crippen LogP contribution is -2.05. The molecule has 0 bridgehead atoms. The van der Waals surface area contributed by atoms with Crippen LogP contribution in [0.15, 0.2) is 42.7 Å². The predicted molar refractivity (Wildman–Crippen MR) is 104 cm³/mol. The number of aromatic hydroxyl groups is 1. The van der Waals surface area contributed by atoms with Crippen molar-refractivity contribution in [2.75, 3.05) is 0 Å². The molecule has 0 spiro atoms. The molecule has 1 N–H and O–H groups in total. The van der Waals surface area contributed by atoms with Crippen molar-refractivity contribution in [3.63, 3.8) is 0 Å². The van der Waals surface area contributed by atoms with Crippen molar-refractivity contribution in [1.82, 2.24) is 24.5 Å². The summed E-state index contributed by atoms with van der Waals surface area (Å²) in [6.45, 7) is 4.91. The van der Waals surface area contributed by atoms with E-state index in [4.69, 9.17) is 0 Å². The van der Waals surface area contributed by atoms with Gasteiger partial charge in [-0.05, 0) is 49.4 Å². The van der Waals surface area contributed by atoms with Gasteiger partial charge in [0.25, 0.3) is 0 Å². The Labute approximate surface area is 161 Å². The molecule has 28 heavy (non-hydrogen) atoms. The number of hydrogen-bond donors (Lipinski definition) is 1. The van der Waals surface area contributed by atoms with E-state index in [1.807, 2.05) is 35.9 Å². The Morgan fingerprint density at radius 1 is 1.25 bits per heavy atom. The highest BCUT2D eigenvalue weighted by atomic mass is 19.1. The van der Waals surface area contributed by atoms with Crippen LogP contribution < -0.4 is 0 Å². The van der Waals surface area contributed by atoms with Gasteiger partial charge in [-0.15, -0.1) is 5.10 Å². The molecule has 1 aromatic carbocycles. The maximum Gasteiger partial charge on any atom is 0.238 e. The lowest BCUT2D eigenvalue weighted by atomic mass is 10.1. The maximum absolute atomic E-state index is 14.0. The van der Waals surface area contributed by atoms with Gasteiger partial charge in [-0.2, -0.15) is 4.39 Å². The Hall–Kier alpha value is -3.22. The second-order valence-corrected chi connectivity index (χ2v) is 7.94. The van der Waals surface area contributed by atoms with Gasteiger partial charge in [0.05, 0.1) is 5.69 Å². The monoisotopic (exact) mass is 377 g/mol. The summed E-state index contributed by atoms with van der Waals surface area (Å²) in [5.41, 5.74) is 2.83. The largest absolute Gasteiger partial charge is 0.494 e. The lowest BCUT2D eigenvalue weighted by molar-refractivity contribution is 0.380. The van der Waals surface area contributed by atoms with Crippen molar-refractivity contribution < 1.29 is 9.50 Å². The molecule has 1 fully saturated rings. The zero-order valence-electron chi connectivity index (χ0n) is 15.7. The molecule has 3 aromatic heterocycles. The average Bonchev–Trinajstić information content (AvgIpc) is 3.16. The Morgan fingerprint density at radius 3 is 2.82 bits per heavy atom. The molecular formula is C21H20FN5O. The van der Waals surface area contributed by atoms with Gasteiger partial charge in [-0.1, -0.05) is 18.2 Å². The van der Waals surface area contributed by atoms with E-state index in [2.05, 4.69) is 22.2 Å². The third-order valence-corrected chi connectivity index (χ3v) is 5.65. The molecule has 142 valence electrons. The van der Waals surface area contributed by atoms with Crippen LogP contribution in [0.3, 0.4) is 0 Å². The standard InChI is InChI=1S/C21H20FN5O/c1-13-18(24-25-27(13)17-4-3-9-23-19(17)22)14-5-6-16-15(10-14)11-26(20(16)28)12-21(2)7-8-21/h3-6,9-11,28H,7-8,12H2,1-2H3. The van der Waals surface area contributed by atoms with Crippen LogP contribution in [0.5, 0.6) is 5.88 Å². The van der Waals surface area contributed by atoms with Crippen LogP contribution in [0.1, 0.15) is 25.5 Å². The number of fused-ring (bicyclic) bond motifs is 1. The molecule has 6 nitrogen and oxygen atoms in total. The van der Waals surface area contributed by atoms with Gasteiger partial charge in [0.1, 0.15) is 11.4 Å². The van der Waals surface area contributed by atoms with Gasteiger partial charge in [0.2, 0.25) is 5.95 Å². The molecule has 0 radical (unpaired) electrons. The summed E-state index contributed by atoms with van der Waals surface area (Å²) in [6.07, 6.45) is 5.77. The summed E-state index contributed by atoms with van der Waals surface area (Å²) in [7, 11) is 0. The van der Waals surface area contributed by atoms with Gasteiger partial charge >= 0.3 is 0 Å². The van der Waals surface area contributed by atoms with E-state index in [1.165, 1.54) is 23.7 Å². The minimum absolute atomic E-state index is 0.265. The van der Waals surface area contributed by atoms with E-state index in [1.54, 1.807) is 12.1 Å². The van der Waals surface area contributed by atoms with Crippen LogP contribution in [-0.2, 0) is 6.54 Å². The summed E-state index contributed by atoms with van der Waals surface area (Å²) < 4.78 is 17.4. The van der Waals surface area contributed by atoms with Crippen LogP contribution >= 0.6 is 0 Å². The molecule has 0 aliphatic heterocycles. The summed E-state index contributed by atoms with van der Waals surface area (Å²) in [5, 5.41) is 20.7. The Bertz CT molecular complexity index is 1200. The van der Waals surface area contributed by atoms with Crippen LogP contribution in [0.4, 0.5) is 4.39 Å². The minimum Gasteiger partial charge on any atom is -0.494 e. The summed E-state index contributed by atoms with van der Waals surface area (Å²) >= 11 is 0. The van der Waals surface area contributed by atoms with Crippen molar-refractivity contribution in [3.8, 4) is 22.8 Å². The number of benzene rings is 1. The SMILES string of the molecule is Cc1c(-c2ccc3c(O)n(CC4(C)CC4)cc3c2)nnn1-c1cccnc1F.